The number of nitrogens with zero attached hydrogens (tertiary/aromatic N) is 1. The third kappa shape index (κ3) is 5.57. The maximum atomic E-state index is 12.0. The van der Waals surface area contributed by atoms with Crippen molar-refractivity contribution in [2.24, 2.45) is 0 Å². The van der Waals surface area contributed by atoms with Gasteiger partial charge in [-0.25, -0.2) is 4.79 Å². The third-order valence-electron chi connectivity index (χ3n) is 4.83. The molecule has 1 aliphatic heterocycles. The van der Waals surface area contributed by atoms with Crippen molar-refractivity contribution in [1.82, 2.24) is 0 Å². The summed E-state index contributed by atoms with van der Waals surface area (Å²) in [5.41, 5.74) is 2.88. The molecule has 0 unspecified atom stereocenters. The normalized spacial score (nSPS) is 14.2. The van der Waals surface area contributed by atoms with E-state index in [0.29, 0.717) is 16.8 Å². The smallest absolute Gasteiger partial charge is 0.338 e. The molecule has 28 heavy (non-hydrogen) atoms. The number of amides is 1. The van der Waals surface area contributed by atoms with Crippen LogP contribution in [0.15, 0.2) is 48.5 Å². The number of rotatable bonds is 6. The number of aliphatic hydroxyl groups excluding tert-OH is 1. The molecule has 0 radical (unpaired) electrons. The Labute approximate surface area is 165 Å². The quantitative estimate of drug-likeness (QED) is 0.749. The Hall–Kier alpha value is -2.86. The molecule has 6 heteroatoms. The second-order valence-corrected chi connectivity index (χ2v) is 6.93. The van der Waals surface area contributed by atoms with Crippen LogP contribution in [0.25, 0.3) is 0 Å². The van der Waals surface area contributed by atoms with Gasteiger partial charge in [0.15, 0.2) is 6.61 Å². The summed E-state index contributed by atoms with van der Waals surface area (Å²) in [6.45, 7) is 1.70. The van der Waals surface area contributed by atoms with E-state index in [2.05, 4.69) is 10.2 Å². The van der Waals surface area contributed by atoms with Crippen LogP contribution in [-0.2, 0) is 16.1 Å². The molecule has 1 saturated heterocycles. The number of hydrogen-bond acceptors (Lipinski definition) is 5. The summed E-state index contributed by atoms with van der Waals surface area (Å²) >= 11 is 0. The Kier molecular flexibility index (Phi) is 7.03. The second-order valence-electron chi connectivity index (χ2n) is 6.93. The van der Waals surface area contributed by atoms with Gasteiger partial charge in [0.2, 0.25) is 0 Å². The van der Waals surface area contributed by atoms with E-state index in [1.807, 2.05) is 24.3 Å². The highest BCUT2D eigenvalue weighted by Crippen LogP contribution is 2.21. The van der Waals surface area contributed by atoms with Crippen LogP contribution in [-0.4, -0.2) is 36.7 Å². The number of anilines is 2. The molecule has 0 saturated carbocycles. The topological polar surface area (TPSA) is 78.9 Å². The molecule has 1 fully saturated rings. The number of esters is 1. The Morgan fingerprint density at radius 3 is 2.18 bits per heavy atom. The van der Waals surface area contributed by atoms with Crippen molar-refractivity contribution < 1.29 is 19.4 Å². The standard InChI is InChI=1S/C22H26N2O4/c25-15-17-5-7-18(8-6-17)22(27)28-16-21(26)23-19-9-11-20(12-10-19)24-13-3-1-2-4-14-24/h5-12,25H,1-4,13-16H2,(H,23,26). The number of carbonyl (C=O) groups excluding carboxylic acids is 2. The molecule has 6 nitrogen and oxygen atoms in total. The summed E-state index contributed by atoms with van der Waals surface area (Å²) in [5.74, 6) is -0.959. The molecule has 0 aromatic heterocycles. The van der Waals surface area contributed by atoms with Gasteiger partial charge in [0.25, 0.3) is 5.91 Å². The zero-order valence-electron chi connectivity index (χ0n) is 15.9. The Balaban J connectivity index is 1.48. The minimum Gasteiger partial charge on any atom is -0.452 e. The van der Waals surface area contributed by atoms with E-state index >= 15 is 0 Å². The van der Waals surface area contributed by atoms with Crippen molar-refractivity contribution >= 4 is 23.3 Å². The number of hydrogen-bond donors (Lipinski definition) is 2. The van der Waals surface area contributed by atoms with Crippen LogP contribution in [0, 0.1) is 0 Å². The molecule has 3 rings (SSSR count). The van der Waals surface area contributed by atoms with Gasteiger partial charge in [0, 0.05) is 24.5 Å². The Bertz CT molecular complexity index is 779. The van der Waals surface area contributed by atoms with Gasteiger partial charge in [0.05, 0.1) is 12.2 Å². The van der Waals surface area contributed by atoms with Crippen LogP contribution in [0.3, 0.4) is 0 Å². The predicted molar refractivity (Wildman–Crippen MR) is 108 cm³/mol. The van der Waals surface area contributed by atoms with Crippen LogP contribution < -0.4 is 10.2 Å². The highest BCUT2D eigenvalue weighted by Gasteiger charge is 2.12. The van der Waals surface area contributed by atoms with E-state index in [-0.39, 0.29) is 19.1 Å². The highest BCUT2D eigenvalue weighted by molar-refractivity contribution is 5.95. The van der Waals surface area contributed by atoms with Gasteiger partial charge in [-0.05, 0) is 54.8 Å². The minimum atomic E-state index is -0.573. The average Bonchev–Trinajstić information content (AvgIpc) is 3.02. The summed E-state index contributed by atoms with van der Waals surface area (Å²) in [6.07, 6.45) is 5.00. The van der Waals surface area contributed by atoms with E-state index in [1.165, 1.54) is 25.7 Å². The molecule has 0 atom stereocenters. The molecule has 0 spiro atoms. The zero-order valence-corrected chi connectivity index (χ0v) is 15.9. The van der Waals surface area contributed by atoms with E-state index in [4.69, 9.17) is 9.84 Å². The van der Waals surface area contributed by atoms with E-state index in [1.54, 1.807) is 24.3 Å². The first-order chi connectivity index (χ1) is 13.7. The van der Waals surface area contributed by atoms with Crippen LogP contribution >= 0.6 is 0 Å². The lowest BCUT2D eigenvalue weighted by molar-refractivity contribution is -0.119. The molecule has 0 bridgehead atoms. The molecule has 2 aromatic carbocycles. The maximum absolute atomic E-state index is 12.0. The zero-order chi connectivity index (χ0) is 19.8. The fourth-order valence-electron chi connectivity index (χ4n) is 3.24. The van der Waals surface area contributed by atoms with Crippen molar-refractivity contribution in [1.29, 1.82) is 0 Å². The van der Waals surface area contributed by atoms with E-state index in [0.717, 1.165) is 18.8 Å². The number of benzene rings is 2. The number of aliphatic hydroxyl groups is 1. The van der Waals surface area contributed by atoms with Gasteiger partial charge in [-0.1, -0.05) is 25.0 Å². The lowest BCUT2D eigenvalue weighted by Crippen LogP contribution is -2.24. The monoisotopic (exact) mass is 382 g/mol. The van der Waals surface area contributed by atoms with Crippen molar-refractivity contribution in [3.63, 3.8) is 0 Å². The molecule has 2 aromatic rings. The molecule has 2 N–H and O–H groups in total. The molecule has 1 heterocycles. The Morgan fingerprint density at radius 2 is 1.57 bits per heavy atom. The molecular formula is C22H26N2O4. The van der Waals surface area contributed by atoms with Gasteiger partial charge in [-0.2, -0.15) is 0 Å². The molecule has 1 amide bonds. The number of ether oxygens (including phenoxy) is 1. The van der Waals surface area contributed by atoms with Gasteiger partial charge in [-0.15, -0.1) is 0 Å². The van der Waals surface area contributed by atoms with E-state index < -0.39 is 5.97 Å². The number of nitrogens with one attached hydrogen (secondary N) is 1. The molecule has 0 aliphatic carbocycles. The van der Waals surface area contributed by atoms with Gasteiger partial charge in [0.1, 0.15) is 0 Å². The third-order valence-corrected chi connectivity index (χ3v) is 4.83. The van der Waals surface area contributed by atoms with Gasteiger partial charge >= 0.3 is 5.97 Å². The van der Waals surface area contributed by atoms with Gasteiger partial charge < -0.3 is 20.1 Å². The van der Waals surface area contributed by atoms with Crippen molar-refractivity contribution in [3.05, 3.63) is 59.7 Å². The Morgan fingerprint density at radius 1 is 0.929 bits per heavy atom. The largest absolute Gasteiger partial charge is 0.452 e. The van der Waals surface area contributed by atoms with Crippen molar-refractivity contribution in [2.75, 3.05) is 29.9 Å². The van der Waals surface area contributed by atoms with Crippen molar-refractivity contribution in [3.8, 4) is 0 Å². The number of carbonyl (C=O) groups is 2. The fourth-order valence-corrected chi connectivity index (χ4v) is 3.24. The summed E-state index contributed by atoms with van der Waals surface area (Å²) in [7, 11) is 0. The summed E-state index contributed by atoms with van der Waals surface area (Å²) in [6, 6.07) is 14.2. The summed E-state index contributed by atoms with van der Waals surface area (Å²) in [5, 5.41) is 11.8. The first-order valence-corrected chi connectivity index (χ1v) is 9.67. The predicted octanol–water partition coefficient (Wildman–Crippen LogP) is 3.35. The lowest BCUT2D eigenvalue weighted by atomic mass is 10.1. The van der Waals surface area contributed by atoms with Gasteiger partial charge in [-0.3, -0.25) is 4.79 Å². The average molecular weight is 382 g/mol. The molecular weight excluding hydrogens is 356 g/mol. The first-order valence-electron chi connectivity index (χ1n) is 9.67. The van der Waals surface area contributed by atoms with Crippen LogP contribution in [0.2, 0.25) is 0 Å². The van der Waals surface area contributed by atoms with Crippen LogP contribution in [0.1, 0.15) is 41.6 Å². The summed E-state index contributed by atoms with van der Waals surface area (Å²) < 4.78 is 5.05. The lowest BCUT2D eigenvalue weighted by Gasteiger charge is -2.22. The molecule has 148 valence electrons. The van der Waals surface area contributed by atoms with Crippen molar-refractivity contribution in [2.45, 2.75) is 32.3 Å². The summed E-state index contributed by atoms with van der Waals surface area (Å²) in [4.78, 5) is 26.4. The highest BCUT2D eigenvalue weighted by atomic mass is 16.5. The first kappa shape index (κ1) is 19.9. The molecule has 1 aliphatic rings. The van der Waals surface area contributed by atoms with E-state index in [9.17, 15) is 9.59 Å². The van der Waals surface area contributed by atoms with Crippen LogP contribution in [0.5, 0.6) is 0 Å². The SMILES string of the molecule is O=C(COC(=O)c1ccc(CO)cc1)Nc1ccc(N2CCCCCC2)cc1. The maximum Gasteiger partial charge on any atom is 0.338 e. The van der Waals surface area contributed by atoms with Crippen LogP contribution in [0.4, 0.5) is 11.4 Å². The minimum absolute atomic E-state index is 0.0890. The fraction of sp³-hybridized carbons (Fsp3) is 0.364. The second kappa shape index (κ2) is 9.90.